The van der Waals surface area contributed by atoms with Crippen LogP contribution in [0.25, 0.3) is 0 Å². The molecule has 1 saturated carbocycles. The largest absolute Gasteiger partial charge is 0.632 e. The monoisotopic (exact) mass is 232 g/mol. The minimum absolute atomic E-state index is 0.0386. The molecule has 2 aliphatic rings. The van der Waals surface area contributed by atoms with Crippen molar-refractivity contribution in [2.24, 2.45) is 0 Å². The van der Waals surface area contributed by atoms with Gasteiger partial charge >= 0.3 is 0 Å². The smallest absolute Gasteiger partial charge is 0.135 e. The summed E-state index contributed by atoms with van der Waals surface area (Å²) in [6.45, 7) is 3.27. The predicted molar refractivity (Wildman–Crippen MR) is 62.5 cm³/mol. The maximum absolute atomic E-state index is 12.6. The Morgan fingerprint density at radius 3 is 2.67 bits per heavy atom. The van der Waals surface area contributed by atoms with Crippen molar-refractivity contribution >= 4 is 11.6 Å². The summed E-state index contributed by atoms with van der Waals surface area (Å²) in [7, 11) is 0. The fraction of sp³-hybridized carbons (Fsp3) is 1.00. The molecule has 1 saturated heterocycles. The summed E-state index contributed by atoms with van der Waals surface area (Å²) >= 11 is 5.71. The van der Waals surface area contributed by atoms with Gasteiger partial charge in [-0.1, -0.05) is 6.42 Å². The fourth-order valence-corrected chi connectivity index (χ4v) is 3.18. The first-order valence-electron chi connectivity index (χ1n) is 6.11. The third-order valence-corrected chi connectivity index (χ3v) is 4.04. The zero-order valence-corrected chi connectivity index (χ0v) is 10.1. The molecule has 0 aromatic heterocycles. The van der Waals surface area contributed by atoms with Gasteiger partial charge in [0.25, 0.3) is 0 Å². The van der Waals surface area contributed by atoms with E-state index in [9.17, 15) is 5.21 Å². The molecule has 0 aromatic carbocycles. The molecule has 2 rings (SSSR count). The summed E-state index contributed by atoms with van der Waals surface area (Å²) in [5, 5.41) is 12.6. The summed E-state index contributed by atoms with van der Waals surface area (Å²) in [6, 6.07) is 0.374. The van der Waals surface area contributed by atoms with E-state index in [1.807, 2.05) is 0 Å². The first kappa shape index (κ1) is 11.6. The van der Waals surface area contributed by atoms with Gasteiger partial charge in [-0.3, -0.25) is 0 Å². The Balaban J connectivity index is 1.89. The number of quaternary nitrogens is 1. The normalized spacial score (nSPS) is 34.8. The molecule has 0 radical (unpaired) electrons. The number of rotatable bonds is 3. The lowest BCUT2D eigenvalue weighted by Gasteiger charge is -2.46. The van der Waals surface area contributed by atoms with E-state index in [0.717, 1.165) is 32.5 Å². The Kier molecular flexibility index (Phi) is 3.88. The van der Waals surface area contributed by atoms with E-state index in [-0.39, 0.29) is 4.65 Å². The van der Waals surface area contributed by atoms with E-state index in [0.29, 0.717) is 18.6 Å². The predicted octanol–water partition coefficient (Wildman–Crippen LogP) is 2.15. The number of hydrogen-bond donors (Lipinski definition) is 0. The minimum Gasteiger partial charge on any atom is -0.632 e. The first-order valence-corrected chi connectivity index (χ1v) is 6.64. The Labute approximate surface area is 97.2 Å². The van der Waals surface area contributed by atoms with Gasteiger partial charge in [-0.2, -0.15) is 0 Å². The maximum atomic E-state index is 12.6. The second-order valence-corrected chi connectivity index (χ2v) is 5.29. The first-order chi connectivity index (χ1) is 7.24. The van der Waals surface area contributed by atoms with Crippen LogP contribution in [0, 0.1) is 5.21 Å². The van der Waals surface area contributed by atoms with Crippen LogP contribution in [0.4, 0.5) is 0 Å². The third kappa shape index (κ3) is 2.64. The molecule has 0 bridgehead atoms. The summed E-state index contributed by atoms with van der Waals surface area (Å²) in [5.74, 6) is 0.644. The Morgan fingerprint density at radius 1 is 1.27 bits per heavy atom. The third-order valence-electron chi connectivity index (χ3n) is 3.88. The standard InChI is InChI=1S/C11H21ClN2O/c12-6-7-13-8-9-14(15,10-13)11-4-2-1-3-5-11/h11H,1-10H2. The second-order valence-electron chi connectivity index (χ2n) is 4.92. The molecule has 1 heterocycles. The van der Waals surface area contributed by atoms with Crippen LogP contribution in [0.3, 0.4) is 0 Å². The quantitative estimate of drug-likeness (QED) is 0.424. The molecule has 0 amide bonds. The van der Waals surface area contributed by atoms with E-state index >= 15 is 0 Å². The molecular formula is C11H21ClN2O. The highest BCUT2D eigenvalue weighted by molar-refractivity contribution is 6.18. The molecule has 2 fully saturated rings. The molecule has 1 aliphatic carbocycles. The van der Waals surface area contributed by atoms with Crippen molar-refractivity contribution in [2.45, 2.75) is 38.1 Å². The number of hydroxylamine groups is 3. The van der Waals surface area contributed by atoms with Crippen molar-refractivity contribution < 1.29 is 4.65 Å². The lowest BCUT2D eigenvalue weighted by Crippen LogP contribution is -2.50. The Bertz CT molecular complexity index is 209. The van der Waals surface area contributed by atoms with Crippen molar-refractivity contribution in [3.63, 3.8) is 0 Å². The van der Waals surface area contributed by atoms with E-state index in [1.54, 1.807) is 0 Å². The highest BCUT2D eigenvalue weighted by Gasteiger charge is 2.36. The van der Waals surface area contributed by atoms with Gasteiger partial charge in [0.15, 0.2) is 0 Å². The summed E-state index contributed by atoms with van der Waals surface area (Å²) in [6.07, 6.45) is 6.10. The van der Waals surface area contributed by atoms with Crippen LogP contribution in [-0.2, 0) is 0 Å². The van der Waals surface area contributed by atoms with Crippen LogP contribution in [0.1, 0.15) is 32.1 Å². The van der Waals surface area contributed by atoms with Crippen molar-refractivity contribution in [1.82, 2.24) is 4.90 Å². The van der Waals surface area contributed by atoms with E-state index in [2.05, 4.69) is 4.90 Å². The van der Waals surface area contributed by atoms with E-state index < -0.39 is 0 Å². The fourth-order valence-electron chi connectivity index (χ4n) is 2.94. The Morgan fingerprint density at radius 2 is 2.00 bits per heavy atom. The van der Waals surface area contributed by atoms with Gasteiger partial charge in [-0.15, -0.1) is 11.6 Å². The molecule has 1 aliphatic heterocycles. The van der Waals surface area contributed by atoms with Gasteiger partial charge in [-0.25, -0.2) is 4.90 Å². The molecule has 1 unspecified atom stereocenters. The van der Waals surface area contributed by atoms with E-state index in [1.165, 1.54) is 19.3 Å². The topological polar surface area (TPSA) is 26.3 Å². The van der Waals surface area contributed by atoms with Gasteiger partial charge in [0.1, 0.15) is 6.67 Å². The second kappa shape index (κ2) is 5.00. The molecule has 4 heteroatoms. The molecule has 3 nitrogen and oxygen atoms in total. The summed E-state index contributed by atoms with van der Waals surface area (Å²) < 4.78 is 0.0386. The average molecular weight is 233 g/mol. The molecule has 0 N–H and O–H groups in total. The zero-order valence-electron chi connectivity index (χ0n) is 9.33. The summed E-state index contributed by atoms with van der Waals surface area (Å²) in [4.78, 5) is 2.22. The van der Waals surface area contributed by atoms with Crippen LogP contribution in [0.15, 0.2) is 0 Å². The molecular weight excluding hydrogens is 212 g/mol. The van der Waals surface area contributed by atoms with Gasteiger partial charge in [0.2, 0.25) is 0 Å². The molecule has 0 aromatic rings. The van der Waals surface area contributed by atoms with Crippen molar-refractivity contribution in [1.29, 1.82) is 0 Å². The van der Waals surface area contributed by atoms with Crippen LogP contribution in [-0.4, -0.2) is 47.8 Å². The van der Waals surface area contributed by atoms with Gasteiger partial charge in [0, 0.05) is 12.4 Å². The number of hydrogen-bond acceptors (Lipinski definition) is 2. The Hall–Kier alpha value is 0.170. The lowest BCUT2D eigenvalue weighted by atomic mass is 9.94. The van der Waals surface area contributed by atoms with Crippen LogP contribution >= 0.6 is 11.6 Å². The van der Waals surface area contributed by atoms with Crippen molar-refractivity contribution in [3.8, 4) is 0 Å². The minimum atomic E-state index is 0.0386. The molecule has 88 valence electrons. The average Bonchev–Trinajstić information content (AvgIpc) is 2.64. The number of halogens is 1. The van der Waals surface area contributed by atoms with E-state index in [4.69, 9.17) is 11.6 Å². The highest BCUT2D eigenvalue weighted by atomic mass is 35.5. The summed E-state index contributed by atoms with van der Waals surface area (Å²) in [5.41, 5.74) is 0. The molecule has 1 atom stereocenters. The molecule has 0 spiro atoms. The maximum Gasteiger partial charge on any atom is 0.135 e. The van der Waals surface area contributed by atoms with Crippen LogP contribution in [0.5, 0.6) is 0 Å². The SMILES string of the molecule is [O-][N+]1(C2CCCCC2)CCN(CCCl)C1. The van der Waals surface area contributed by atoms with Crippen LogP contribution < -0.4 is 0 Å². The number of alkyl halides is 1. The highest BCUT2D eigenvalue weighted by Crippen LogP contribution is 2.30. The van der Waals surface area contributed by atoms with Gasteiger partial charge < -0.3 is 9.85 Å². The van der Waals surface area contributed by atoms with Crippen molar-refractivity contribution in [3.05, 3.63) is 5.21 Å². The van der Waals surface area contributed by atoms with Crippen molar-refractivity contribution in [2.75, 3.05) is 32.2 Å². The lowest BCUT2D eigenvalue weighted by molar-refractivity contribution is -0.899. The van der Waals surface area contributed by atoms with Gasteiger partial charge in [-0.05, 0) is 25.7 Å². The number of nitrogens with zero attached hydrogens (tertiary/aromatic N) is 2. The van der Waals surface area contributed by atoms with Crippen LogP contribution in [0.2, 0.25) is 0 Å². The van der Waals surface area contributed by atoms with Gasteiger partial charge in [0.05, 0.1) is 19.1 Å². The zero-order chi connectivity index (χ0) is 10.7. The molecule has 15 heavy (non-hydrogen) atoms.